The summed E-state index contributed by atoms with van der Waals surface area (Å²) in [4.78, 5) is 24.1. The number of thioether (sulfide) groups is 2. The van der Waals surface area contributed by atoms with E-state index in [4.69, 9.17) is 21.6 Å². The molecule has 0 bridgehead atoms. The number of anilines is 1. The second-order valence-electron chi connectivity index (χ2n) is 5.98. The van der Waals surface area contributed by atoms with Crippen molar-refractivity contribution in [1.29, 1.82) is 5.26 Å². The van der Waals surface area contributed by atoms with Crippen molar-refractivity contribution >= 4 is 52.7 Å². The van der Waals surface area contributed by atoms with E-state index in [1.54, 1.807) is 18.2 Å². The minimum absolute atomic E-state index is 0.242. The van der Waals surface area contributed by atoms with Crippen molar-refractivity contribution in [2.75, 3.05) is 23.4 Å². The van der Waals surface area contributed by atoms with E-state index < -0.39 is 18.5 Å². The van der Waals surface area contributed by atoms with E-state index in [2.05, 4.69) is 5.32 Å². The third-order valence-electron chi connectivity index (χ3n) is 3.95. The van der Waals surface area contributed by atoms with Crippen LogP contribution in [0.3, 0.4) is 0 Å². The van der Waals surface area contributed by atoms with Gasteiger partial charge in [0.2, 0.25) is 0 Å². The van der Waals surface area contributed by atoms with Gasteiger partial charge >= 0.3 is 5.97 Å². The van der Waals surface area contributed by atoms with Gasteiger partial charge in [0.05, 0.1) is 20.7 Å². The summed E-state index contributed by atoms with van der Waals surface area (Å²) in [6.07, 6.45) is 1.23. The Hall–Kier alpha value is -2.14. The fraction of sp³-hybridized carbons (Fsp3) is 0.250. The van der Waals surface area contributed by atoms with Crippen LogP contribution in [0.15, 0.2) is 42.5 Å². The normalized spacial score (nSPS) is 14.1. The van der Waals surface area contributed by atoms with E-state index >= 15 is 0 Å². The number of nitriles is 1. The molecule has 1 saturated heterocycles. The summed E-state index contributed by atoms with van der Waals surface area (Å²) in [6.45, 7) is -0.410. The molecule has 1 aliphatic heterocycles. The Bertz CT molecular complexity index is 907. The maximum absolute atomic E-state index is 12.2. The van der Waals surface area contributed by atoms with Gasteiger partial charge in [-0.2, -0.15) is 5.26 Å². The van der Waals surface area contributed by atoms with Crippen LogP contribution >= 0.6 is 35.1 Å². The van der Waals surface area contributed by atoms with Gasteiger partial charge in [-0.25, -0.2) is 4.79 Å². The molecule has 1 heterocycles. The number of hydrogen-bond donors (Lipinski definition) is 1. The molecule has 8 heteroatoms. The molecule has 1 fully saturated rings. The zero-order valence-corrected chi connectivity index (χ0v) is 17.2. The molecule has 0 unspecified atom stereocenters. The number of carbonyl (C=O) groups excluding carboxylic acids is 2. The van der Waals surface area contributed by atoms with Crippen LogP contribution in [0.25, 0.3) is 0 Å². The van der Waals surface area contributed by atoms with Gasteiger partial charge in [-0.1, -0.05) is 23.7 Å². The van der Waals surface area contributed by atoms with E-state index in [1.807, 2.05) is 41.7 Å². The fourth-order valence-corrected chi connectivity index (χ4v) is 5.67. The summed E-state index contributed by atoms with van der Waals surface area (Å²) in [5.41, 5.74) is 2.34. The summed E-state index contributed by atoms with van der Waals surface area (Å²) in [6, 6.07) is 13.8. The Balaban J connectivity index is 1.51. The van der Waals surface area contributed by atoms with Crippen LogP contribution in [0.2, 0.25) is 5.02 Å². The predicted octanol–water partition coefficient (Wildman–Crippen LogP) is 4.88. The van der Waals surface area contributed by atoms with Crippen molar-refractivity contribution in [3.63, 3.8) is 0 Å². The lowest BCUT2D eigenvalue weighted by Gasteiger charge is -2.21. The van der Waals surface area contributed by atoms with Gasteiger partial charge in [-0.15, -0.1) is 23.5 Å². The number of esters is 1. The number of rotatable bonds is 5. The minimum atomic E-state index is -0.552. The number of nitrogens with one attached hydrogen (secondary N) is 1. The molecule has 0 atom stereocenters. The highest BCUT2D eigenvalue weighted by atomic mass is 35.5. The molecular formula is C20H17ClN2O3S2. The molecule has 1 N–H and O–H groups in total. The molecule has 0 radical (unpaired) electrons. The van der Waals surface area contributed by atoms with Gasteiger partial charge < -0.3 is 10.1 Å². The second kappa shape index (κ2) is 9.87. The first-order valence-electron chi connectivity index (χ1n) is 8.56. The Kier molecular flexibility index (Phi) is 7.26. The van der Waals surface area contributed by atoms with Crippen molar-refractivity contribution in [2.24, 2.45) is 0 Å². The van der Waals surface area contributed by atoms with Gasteiger partial charge in [-0.05, 0) is 53.8 Å². The lowest BCUT2D eigenvalue weighted by Crippen LogP contribution is -2.21. The molecule has 0 aliphatic carbocycles. The first-order valence-corrected chi connectivity index (χ1v) is 11.0. The van der Waals surface area contributed by atoms with Gasteiger partial charge in [0.15, 0.2) is 6.61 Å². The molecular weight excluding hydrogens is 416 g/mol. The highest BCUT2D eigenvalue weighted by Gasteiger charge is 2.17. The van der Waals surface area contributed by atoms with Crippen LogP contribution in [0.1, 0.15) is 32.5 Å². The van der Waals surface area contributed by atoms with Crippen molar-refractivity contribution < 1.29 is 14.3 Å². The standard InChI is InChI=1S/C20H17ClN2O3S2/c21-17-10-16(7-6-15(17)11-22)23-18(24)12-26-19(25)13-2-4-14(5-3-13)20-27-8-1-9-28-20/h2-7,10,20H,1,8-9,12H2,(H,23,24). The summed E-state index contributed by atoms with van der Waals surface area (Å²) < 4.78 is 5.48. The number of ether oxygens (including phenoxy) is 1. The molecule has 5 nitrogen and oxygen atoms in total. The SMILES string of the molecule is N#Cc1ccc(NC(=O)COC(=O)c2ccc(C3SCCCS3)cc2)cc1Cl. The predicted molar refractivity (Wildman–Crippen MR) is 114 cm³/mol. The van der Waals surface area contributed by atoms with Gasteiger partial charge in [0.25, 0.3) is 5.91 Å². The quantitative estimate of drug-likeness (QED) is 0.678. The van der Waals surface area contributed by atoms with Crippen LogP contribution < -0.4 is 5.32 Å². The lowest BCUT2D eigenvalue weighted by atomic mass is 10.1. The minimum Gasteiger partial charge on any atom is -0.452 e. The molecule has 0 saturated carbocycles. The number of carbonyl (C=O) groups is 2. The zero-order chi connectivity index (χ0) is 19.9. The maximum atomic E-state index is 12.2. The number of hydrogen-bond acceptors (Lipinski definition) is 6. The third-order valence-corrected chi connectivity index (χ3v) is 7.28. The van der Waals surface area contributed by atoms with Crippen LogP contribution in [0.5, 0.6) is 0 Å². The van der Waals surface area contributed by atoms with Gasteiger partial charge in [-0.3, -0.25) is 4.79 Å². The first kappa shape index (κ1) is 20.6. The molecule has 144 valence electrons. The van der Waals surface area contributed by atoms with Gasteiger partial charge in [0, 0.05) is 5.69 Å². The smallest absolute Gasteiger partial charge is 0.338 e. The Morgan fingerprint density at radius 2 is 1.89 bits per heavy atom. The number of benzene rings is 2. The molecule has 1 amide bonds. The van der Waals surface area contributed by atoms with E-state index in [1.165, 1.54) is 24.1 Å². The summed E-state index contributed by atoms with van der Waals surface area (Å²) in [5, 5.41) is 11.7. The summed E-state index contributed by atoms with van der Waals surface area (Å²) >= 11 is 9.76. The Morgan fingerprint density at radius 1 is 1.18 bits per heavy atom. The zero-order valence-electron chi connectivity index (χ0n) is 14.8. The van der Waals surface area contributed by atoms with Crippen molar-refractivity contribution in [3.8, 4) is 6.07 Å². The summed E-state index contributed by atoms with van der Waals surface area (Å²) in [7, 11) is 0. The Labute approximate surface area is 176 Å². The topological polar surface area (TPSA) is 79.2 Å². The molecule has 3 rings (SSSR count). The van der Waals surface area contributed by atoms with Gasteiger partial charge in [0.1, 0.15) is 6.07 Å². The third kappa shape index (κ3) is 5.44. The molecule has 2 aromatic carbocycles. The number of halogens is 1. The van der Waals surface area contributed by atoms with E-state index in [9.17, 15) is 9.59 Å². The highest BCUT2D eigenvalue weighted by molar-refractivity contribution is 8.16. The molecule has 0 aromatic heterocycles. The summed E-state index contributed by atoms with van der Waals surface area (Å²) in [5.74, 6) is 1.27. The molecule has 28 heavy (non-hydrogen) atoms. The van der Waals surface area contributed by atoms with Crippen LogP contribution in [-0.2, 0) is 9.53 Å². The van der Waals surface area contributed by atoms with Crippen molar-refractivity contribution in [1.82, 2.24) is 0 Å². The Morgan fingerprint density at radius 3 is 2.54 bits per heavy atom. The largest absolute Gasteiger partial charge is 0.452 e. The van der Waals surface area contributed by atoms with Crippen LogP contribution in [0.4, 0.5) is 5.69 Å². The average Bonchev–Trinajstić information content (AvgIpc) is 2.73. The first-order chi connectivity index (χ1) is 13.6. The van der Waals surface area contributed by atoms with Crippen LogP contribution in [0, 0.1) is 11.3 Å². The van der Waals surface area contributed by atoms with E-state index in [0.29, 0.717) is 21.4 Å². The second-order valence-corrected chi connectivity index (χ2v) is 9.11. The average molecular weight is 433 g/mol. The molecule has 0 spiro atoms. The van der Waals surface area contributed by atoms with E-state index in [-0.39, 0.29) is 5.02 Å². The monoisotopic (exact) mass is 432 g/mol. The van der Waals surface area contributed by atoms with Crippen LogP contribution in [-0.4, -0.2) is 30.0 Å². The lowest BCUT2D eigenvalue weighted by molar-refractivity contribution is -0.119. The highest BCUT2D eigenvalue weighted by Crippen LogP contribution is 2.43. The fourth-order valence-electron chi connectivity index (χ4n) is 2.55. The van der Waals surface area contributed by atoms with Crippen molar-refractivity contribution in [2.45, 2.75) is 11.0 Å². The molecule has 2 aromatic rings. The van der Waals surface area contributed by atoms with Crippen molar-refractivity contribution in [3.05, 3.63) is 64.2 Å². The van der Waals surface area contributed by atoms with E-state index in [0.717, 1.165) is 11.5 Å². The maximum Gasteiger partial charge on any atom is 0.338 e. The molecule has 1 aliphatic rings. The number of amides is 1. The number of nitrogens with zero attached hydrogens (tertiary/aromatic N) is 1.